The lowest BCUT2D eigenvalue weighted by Crippen LogP contribution is -2.40. The largest absolute Gasteiger partial charge is 0.481 e. The molecule has 142 valence electrons. The van der Waals surface area contributed by atoms with Crippen LogP contribution in [-0.2, 0) is 4.79 Å². The van der Waals surface area contributed by atoms with Gasteiger partial charge in [0.2, 0.25) is 5.56 Å². The lowest BCUT2D eigenvalue weighted by molar-refractivity contribution is -0.384. The zero-order valence-corrected chi connectivity index (χ0v) is 14.9. The molecule has 1 aliphatic rings. The van der Waals surface area contributed by atoms with Crippen LogP contribution in [0.1, 0.15) is 30.6 Å². The molecule has 2 aromatic rings. The van der Waals surface area contributed by atoms with Gasteiger partial charge in [-0.25, -0.2) is 0 Å². The quantitative estimate of drug-likeness (QED) is 0.622. The van der Waals surface area contributed by atoms with Gasteiger partial charge in [-0.05, 0) is 18.4 Å². The molecule has 0 bridgehead atoms. The number of likely N-dealkylation sites (tertiary alicyclic amines) is 1. The Hall–Kier alpha value is -3.23. The monoisotopic (exact) mass is 373 g/mol. The first-order valence-corrected chi connectivity index (χ1v) is 8.50. The molecule has 1 atom stereocenters. The first kappa shape index (κ1) is 18.6. The van der Waals surface area contributed by atoms with Gasteiger partial charge >= 0.3 is 5.97 Å². The van der Waals surface area contributed by atoms with E-state index in [1.807, 2.05) is 0 Å². The van der Waals surface area contributed by atoms with Gasteiger partial charge in [0.15, 0.2) is 0 Å². The van der Waals surface area contributed by atoms with Crippen LogP contribution in [0.4, 0.5) is 5.69 Å². The Balaban J connectivity index is 2.06. The number of aliphatic carboxylic acids is 1. The van der Waals surface area contributed by atoms with Gasteiger partial charge in [0.05, 0.1) is 15.9 Å². The highest BCUT2D eigenvalue weighted by Crippen LogP contribution is 2.39. The smallest absolute Gasteiger partial charge is 0.311 e. The SMILES string of the molecule is CC(C)C1(C(=O)O)CCN(C(=O)c2cc(=O)[nH]c3ccc([N+](=O)[O-])cc23)C1. The van der Waals surface area contributed by atoms with Crippen LogP contribution < -0.4 is 5.56 Å². The van der Waals surface area contributed by atoms with Crippen molar-refractivity contribution in [1.29, 1.82) is 0 Å². The summed E-state index contributed by atoms with van der Waals surface area (Å²) in [7, 11) is 0. The molecule has 9 heteroatoms. The van der Waals surface area contributed by atoms with E-state index in [0.717, 1.165) is 6.07 Å². The Labute approximate surface area is 153 Å². The number of amides is 1. The third-order valence-corrected chi connectivity index (χ3v) is 5.39. The second kappa shape index (κ2) is 6.49. The molecule has 1 aliphatic heterocycles. The molecule has 1 fully saturated rings. The molecule has 0 saturated carbocycles. The number of nitrogens with one attached hydrogen (secondary N) is 1. The van der Waals surface area contributed by atoms with Gasteiger partial charge in [0.1, 0.15) is 0 Å². The summed E-state index contributed by atoms with van der Waals surface area (Å²) in [6.07, 6.45) is 0.313. The molecule has 0 radical (unpaired) electrons. The molecule has 1 unspecified atom stereocenters. The number of hydrogen-bond donors (Lipinski definition) is 2. The predicted molar refractivity (Wildman–Crippen MR) is 96.7 cm³/mol. The van der Waals surface area contributed by atoms with Gasteiger partial charge in [-0.3, -0.25) is 24.5 Å². The van der Waals surface area contributed by atoms with Crippen molar-refractivity contribution in [3.8, 4) is 0 Å². The minimum absolute atomic E-state index is 0.0298. The number of nitro benzene ring substituents is 1. The van der Waals surface area contributed by atoms with E-state index >= 15 is 0 Å². The van der Waals surface area contributed by atoms with Crippen molar-refractivity contribution in [3.63, 3.8) is 0 Å². The normalized spacial score (nSPS) is 19.6. The second-order valence-corrected chi connectivity index (χ2v) is 7.13. The van der Waals surface area contributed by atoms with Crippen molar-refractivity contribution in [2.75, 3.05) is 13.1 Å². The molecule has 1 amide bonds. The zero-order valence-electron chi connectivity index (χ0n) is 14.9. The third kappa shape index (κ3) is 3.05. The number of fused-ring (bicyclic) bond motifs is 1. The summed E-state index contributed by atoms with van der Waals surface area (Å²) in [6.45, 7) is 3.87. The molecular formula is C18H19N3O6. The van der Waals surface area contributed by atoms with Crippen molar-refractivity contribution in [2.45, 2.75) is 20.3 Å². The van der Waals surface area contributed by atoms with E-state index in [9.17, 15) is 29.6 Å². The molecule has 0 spiro atoms. The zero-order chi connectivity index (χ0) is 19.9. The Morgan fingerprint density at radius 1 is 1.33 bits per heavy atom. The number of carboxylic acid groups (broad SMARTS) is 1. The van der Waals surface area contributed by atoms with Crippen LogP contribution in [0.2, 0.25) is 0 Å². The van der Waals surface area contributed by atoms with Crippen LogP contribution >= 0.6 is 0 Å². The van der Waals surface area contributed by atoms with E-state index in [4.69, 9.17) is 0 Å². The number of benzene rings is 1. The number of nitrogens with zero attached hydrogens (tertiary/aromatic N) is 2. The van der Waals surface area contributed by atoms with Gasteiger partial charge < -0.3 is 15.0 Å². The van der Waals surface area contributed by atoms with Crippen LogP contribution in [0.5, 0.6) is 0 Å². The molecule has 1 aromatic carbocycles. The Morgan fingerprint density at radius 3 is 2.59 bits per heavy atom. The molecule has 1 aromatic heterocycles. The number of H-pyrrole nitrogens is 1. The van der Waals surface area contributed by atoms with Crippen LogP contribution in [0.15, 0.2) is 29.1 Å². The minimum Gasteiger partial charge on any atom is -0.481 e. The van der Waals surface area contributed by atoms with E-state index in [-0.39, 0.29) is 35.6 Å². The molecule has 0 aliphatic carbocycles. The fourth-order valence-electron chi connectivity index (χ4n) is 3.60. The number of carbonyl (C=O) groups excluding carboxylic acids is 1. The number of aromatic nitrogens is 1. The van der Waals surface area contributed by atoms with Gasteiger partial charge in [-0.2, -0.15) is 0 Å². The third-order valence-electron chi connectivity index (χ3n) is 5.39. The number of hydrogen-bond acceptors (Lipinski definition) is 5. The minimum atomic E-state index is -1.04. The second-order valence-electron chi connectivity index (χ2n) is 7.13. The topological polar surface area (TPSA) is 134 Å². The summed E-state index contributed by atoms with van der Waals surface area (Å²) in [4.78, 5) is 51.2. The predicted octanol–water partition coefficient (Wildman–Crippen LogP) is 2.01. The van der Waals surface area contributed by atoms with E-state index in [1.54, 1.807) is 13.8 Å². The van der Waals surface area contributed by atoms with E-state index in [2.05, 4.69) is 4.98 Å². The van der Waals surface area contributed by atoms with Gasteiger partial charge in [-0.1, -0.05) is 13.8 Å². The van der Waals surface area contributed by atoms with Crippen LogP contribution in [0.25, 0.3) is 10.9 Å². The number of rotatable bonds is 4. The van der Waals surface area contributed by atoms with Gasteiger partial charge in [-0.15, -0.1) is 0 Å². The number of pyridine rings is 1. The summed E-state index contributed by atoms with van der Waals surface area (Å²) in [5.41, 5.74) is -1.41. The number of nitro groups is 1. The molecule has 1 saturated heterocycles. The maximum absolute atomic E-state index is 13.0. The molecule has 2 N–H and O–H groups in total. The van der Waals surface area contributed by atoms with Crippen LogP contribution in [0, 0.1) is 21.4 Å². The molecule has 2 heterocycles. The van der Waals surface area contributed by atoms with Crippen LogP contribution in [0.3, 0.4) is 0 Å². The highest BCUT2D eigenvalue weighted by molar-refractivity contribution is 6.06. The Kier molecular flexibility index (Phi) is 4.46. The van der Waals surface area contributed by atoms with E-state index < -0.39 is 27.8 Å². The highest BCUT2D eigenvalue weighted by atomic mass is 16.6. The lowest BCUT2D eigenvalue weighted by atomic mass is 9.76. The van der Waals surface area contributed by atoms with E-state index in [0.29, 0.717) is 11.9 Å². The van der Waals surface area contributed by atoms with Crippen molar-refractivity contribution in [1.82, 2.24) is 9.88 Å². The Bertz CT molecular complexity index is 1010. The number of carbonyl (C=O) groups is 2. The molecule has 3 rings (SSSR count). The highest BCUT2D eigenvalue weighted by Gasteiger charge is 2.48. The van der Waals surface area contributed by atoms with Crippen molar-refractivity contribution >= 4 is 28.5 Å². The fourth-order valence-corrected chi connectivity index (χ4v) is 3.60. The van der Waals surface area contributed by atoms with Crippen molar-refractivity contribution < 1.29 is 19.6 Å². The number of non-ortho nitro benzene ring substituents is 1. The first-order valence-electron chi connectivity index (χ1n) is 8.50. The molecule has 9 nitrogen and oxygen atoms in total. The number of carboxylic acids is 1. The average molecular weight is 373 g/mol. The van der Waals surface area contributed by atoms with Crippen LogP contribution in [-0.4, -0.2) is 44.9 Å². The van der Waals surface area contributed by atoms with Crippen molar-refractivity contribution in [3.05, 3.63) is 50.3 Å². The summed E-state index contributed by atoms with van der Waals surface area (Å²) >= 11 is 0. The standard InChI is InChI=1S/C18H19N3O6/c1-10(2)18(17(24)25)5-6-20(9-18)16(23)13-8-15(22)19-14-4-3-11(21(26)27)7-12(13)14/h3-4,7-8,10H,5-6,9H2,1-2H3,(H,19,22)(H,24,25). The average Bonchev–Trinajstić information content (AvgIpc) is 3.06. The maximum atomic E-state index is 13.0. The Morgan fingerprint density at radius 2 is 2.04 bits per heavy atom. The lowest BCUT2D eigenvalue weighted by Gasteiger charge is -2.28. The van der Waals surface area contributed by atoms with E-state index in [1.165, 1.54) is 23.1 Å². The molecule has 27 heavy (non-hydrogen) atoms. The fraction of sp³-hybridized carbons (Fsp3) is 0.389. The molecular weight excluding hydrogens is 354 g/mol. The first-order chi connectivity index (χ1) is 12.7. The number of aromatic amines is 1. The maximum Gasteiger partial charge on any atom is 0.311 e. The summed E-state index contributed by atoms with van der Waals surface area (Å²) < 4.78 is 0. The van der Waals surface area contributed by atoms with Gasteiger partial charge in [0.25, 0.3) is 11.6 Å². The van der Waals surface area contributed by atoms with Crippen molar-refractivity contribution in [2.24, 2.45) is 11.3 Å². The summed E-state index contributed by atoms with van der Waals surface area (Å²) in [6, 6.07) is 4.97. The summed E-state index contributed by atoms with van der Waals surface area (Å²) in [5.74, 6) is -1.64. The summed E-state index contributed by atoms with van der Waals surface area (Å²) in [5, 5.41) is 21.0. The van der Waals surface area contributed by atoms with Gasteiger partial charge in [0, 0.05) is 42.2 Å².